The molecule has 0 radical (unpaired) electrons. The number of hydrogen-bond donors (Lipinski definition) is 1. The third-order valence-corrected chi connectivity index (χ3v) is 5.12. The molecule has 5 rings (SSSR count). The van der Waals surface area contributed by atoms with Gasteiger partial charge in [-0.3, -0.25) is 9.69 Å². The molecular weight excluding hydrogens is 298 g/mol. The second-order valence-corrected chi connectivity index (χ2v) is 6.31. The number of aliphatic hydroxyl groups is 1. The quantitative estimate of drug-likeness (QED) is 0.745. The van der Waals surface area contributed by atoms with E-state index >= 15 is 0 Å². The number of nitrogens with zero attached hydrogens (tertiary/aromatic N) is 1. The van der Waals surface area contributed by atoms with Crippen molar-refractivity contribution >= 4 is 11.6 Å². The van der Waals surface area contributed by atoms with E-state index in [1.807, 2.05) is 72.8 Å². The standard InChI is InChI=1S/C21H15NO2/c23-20-15-10-4-6-12-17(15)21(24)19(14-8-2-1-3-9-14)16-11-5-7-13-18(16)22(20)21/h1-13,19,24H/t19-,21-/m0/s1. The summed E-state index contributed by atoms with van der Waals surface area (Å²) >= 11 is 0. The Bertz CT molecular complexity index is 966. The van der Waals surface area contributed by atoms with Crippen LogP contribution >= 0.6 is 0 Å². The van der Waals surface area contributed by atoms with Crippen molar-refractivity contribution in [3.8, 4) is 0 Å². The Morgan fingerprint density at radius 1 is 0.833 bits per heavy atom. The van der Waals surface area contributed by atoms with Gasteiger partial charge in [-0.15, -0.1) is 0 Å². The molecule has 0 aliphatic carbocycles. The van der Waals surface area contributed by atoms with E-state index in [1.165, 1.54) is 0 Å². The number of carbonyl (C=O) groups is 1. The van der Waals surface area contributed by atoms with E-state index in [-0.39, 0.29) is 11.8 Å². The third kappa shape index (κ3) is 1.47. The molecule has 0 aromatic heterocycles. The molecule has 0 saturated carbocycles. The largest absolute Gasteiger partial charge is 0.366 e. The van der Waals surface area contributed by atoms with Crippen LogP contribution in [0.25, 0.3) is 0 Å². The summed E-state index contributed by atoms with van der Waals surface area (Å²) in [5, 5.41) is 11.8. The lowest BCUT2D eigenvalue weighted by molar-refractivity contribution is 0.0334. The number of carbonyl (C=O) groups excluding carboxylic acids is 1. The smallest absolute Gasteiger partial charge is 0.261 e. The first kappa shape index (κ1) is 13.5. The summed E-state index contributed by atoms with van der Waals surface area (Å²) in [4.78, 5) is 14.5. The van der Waals surface area contributed by atoms with E-state index in [1.54, 1.807) is 11.0 Å². The van der Waals surface area contributed by atoms with Gasteiger partial charge < -0.3 is 5.11 Å². The zero-order valence-electron chi connectivity index (χ0n) is 12.9. The van der Waals surface area contributed by atoms with Gasteiger partial charge in [0.2, 0.25) is 0 Å². The van der Waals surface area contributed by atoms with E-state index in [2.05, 4.69) is 0 Å². The van der Waals surface area contributed by atoms with Crippen molar-refractivity contribution in [1.82, 2.24) is 0 Å². The van der Waals surface area contributed by atoms with Crippen LogP contribution in [0, 0.1) is 0 Å². The summed E-state index contributed by atoms with van der Waals surface area (Å²) in [7, 11) is 0. The van der Waals surface area contributed by atoms with Crippen LogP contribution in [-0.2, 0) is 5.72 Å². The van der Waals surface area contributed by atoms with E-state index < -0.39 is 5.72 Å². The van der Waals surface area contributed by atoms with E-state index in [9.17, 15) is 9.90 Å². The van der Waals surface area contributed by atoms with E-state index in [0.29, 0.717) is 11.1 Å². The van der Waals surface area contributed by atoms with Gasteiger partial charge in [0, 0.05) is 11.1 Å². The van der Waals surface area contributed by atoms with Crippen molar-refractivity contribution < 1.29 is 9.90 Å². The highest BCUT2D eigenvalue weighted by molar-refractivity contribution is 6.13. The molecule has 0 fully saturated rings. The lowest BCUT2D eigenvalue weighted by Gasteiger charge is -2.33. The second kappa shape index (κ2) is 4.56. The fourth-order valence-corrected chi connectivity index (χ4v) is 4.17. The molecule has 3 nitrogen and oxygen atoms in total. The Labute approximate surface area is 139 Å². The maximum absolute atomic E-state index is 13.0. The average molecular weight is 313 g/mol. The Kier molecular flexibility index (Phi) is 2.57. The number of anilines is 1. The highest BCUT2D eigenvalue weighted by Crippen LogP contribution is 2.58. The first-order chi connectivity index (χ1) is 11.7. The molecule has 0 unspecified atom stereocenters. The number of para-hydroxylation sites is 1. The number of hydrogen-bond acceptors (Lipinski definition) is 2. The van der Waals surface area contributed by atoms with E-state index in [0.717, 1.165) is 16.8 Å². The third-order valence-electron chi connectivity index (χ3n) is 5.12. The average Bonchev–Trinajstić information content (AvgIpc) is 3.03. The Balaban J connectivity index is 1.85. The van der Waals surface area contributed by atoms with Gasteiger partial charge in [0.1, 0.15) is 0 Å². The van der Waals surface area contributed by atoms with Crippen LogP contribution < -0.4 is 4.90 Å². The van der Waals surface area contributed by atoms with Crippen LogP contribution in [0.5, 0.6) is 0 Å². The predicted octanol–water partition coefficient (Wildman–Crippen LogP) is 3.64. The maximum atomic E-state index is 13.0. The summed E-state index contributed by atoms with van der Waals surface area (Å²) < 4.78 is 0. The van der Waals surface area contributed by atoms with Crippen molar-refractivity contribution in [3.05, 3.63) is 101 Å². The van der Waals surface area contributed by atoms with Crippen LogP contribution in [0.4, 0.5) is 5.69 Å². The first-order valence-electron chi connectivity index (χ1n) is 8.03. The number of fused-ring (bicyclic) bond motifs is 5. The molecule has 2 heterocycles. The second-order valence-electron chi connectivity index (χ2n) is 6.31. The molecule has 116 valence electrons. The predicted molar refractivity (Wildman–Crippen MR) is 91.9 cm³/mol. The summed E-state index contributed by atoms with van der Waals surface area (Å²) in [6.07, 6.45) is 0. The van der Waals surface area contributed by atoms with Gasteiger partial charge in [-0.25, -0.2) is 0 Å². The normalized spacial score (nSPS) is 23.8. The van der Waals surface area contributed by atoms with Gasteiger partial charge in [-0.05, 0) is 23.3 Å². The van der Waals surface area contributed by atoms with Gasteiger partial charge >= 0.3 is 0 Å². The topological polar surface area (TPSA) is 40.5 Å². The molecule has 0 saturated heterocycles. The number of amides is 1. The Morgan fingerprint density at radius 2 is 1.50 bits per heavy atom. The molecule has 0 spiro atoms. The Hall–Kier alpha value is -2.91. The van der Waals surface area contributed by atoms with E-state index in [4.69, 9.17) is 0 Å². The summed E-state index contributed by atoms with van der Waals surface area (Å²) in [6.45, 7) is 0. The van der Waals surface area contributed by atoms with Crippen LogP contribution in [-0.4, -0.2) is 11.0 Å². The van der Waals surface area contributed by atoms with Crippen LogP contribution in [0.15, 0.2) is 78.9 Å². The molecule has 24 heavy (non-hydrogen) atoms. The van der Waals surface area contributed by atoms with Gasteiger partial charge in [0.15, 0.2) is 5.72 Å². The van der Waals surface area contributed by atoms with Crippen LogP contribution in [0.2, 0.25) is 0 Å². The molecule has 2 aliphatic rings. The SMILES string of the molecule is O=C1c2ccccc2[C@]2(O)[C@@H](c3ccccc3)c3ccccc3N12. The first-order valence-corrected chi connectivity index (χ1v) is 8.03. The molecule has 2 aliphatic heterocycles. The molecule has 3 aromatic rings. The fourth-order valence-electron chi connectivity index (χ4n) is 4.17. The van der Waals surface area contributed by atoms with Crippen molar-refractivity contribution in [1.29, 1.82) is 0 Å². The fraction of sp³-hybridized carbons (Fsp3) is 0.0952. The minimum atomic E-state index is -1.38. The highest BCUT2D eigenvalue weighted by Gasteiger charge is 2.60. The van der Waals surface area contributed by atoms with Crippen molar-refractivity contribution in [2.45, 2.75) is 11.6 Å². The molecule has 3 aromatic carbocycles. The van der Waals surface area contributed by atoms with Gasteiger partial charge in [0.05, 0.1) is 11.6 Å². The molecular formula is C21H15NO2. The molecule has 1 amide bonds. The lowest BCUT2D eigenvalue weighted by atomic mass is 9.81. The molecule has 2 atom stereocenters. The van der Waals surface area contributed by atoms with Gasteiger partial charge in [0.25, 0.3) is 5.91 Å². The maximum Gasteiger partial charge on any atom is 0.261 e. The van der Waals surface area contributed by atoms with Gasteiger partial charge in [-0.1, -0.05) is 66.7 Å². The van der Waals surface area contributed by atoms with Crippen molar-refractivity contribution in [2.75, 3.05) is 4.90 Å². The number of rotatable bonds is 1. The summed E-state index contributed by atoms with van der Waals surface area (Å²) in [6, 6.07) is 25.0. The van der Waals surface area contributed by atoms with Crippen molar-refractivity contribution in [2.24, 2.45) is 0 Å². The zero-order valence-corrected chi connectivity index (χ0v) is 12.9. The van der Waals surface area contributed by atoms with Crippen molar-refractivity contribution in [3.63, 3.8) is 0 Å². The number of benzene rings is 3. The summed E-state index contributed by atoms with van der Waals surface area (Å²) in [5.74, 6) is -0.443. The highest BCUT2D eigenvalue weighted by atomic mass is 16.3. The molecule has 1 N–H and O–H groups in total. The monoisotopic (exact) mass is 313 g/mol. The minimum Gasteiger partial charge on any atom is -0.366 e. The molecule has 3 heteroatoms. The van der Waals surface area contributed by atoms with Crippen LogP contribution in [0.1, 0.15) is 33.0 Å². The lowest BCUT2D eigenvalue weighted by Crippen LogP contribution is -2.43. The Morgan fingerprint density at radius 3 is 2.33 bits per heavy atom. The van der Waals surface area contributed by atoms with Crippen LogP contribution in [0.3, 0.4) is 0 Å². The zero-order chi connectivity index (χ0) is 16.3. The molecule has 0 bridgehead atoms. The minimum absolute atomic E-state index is 0.140. The van der Waals surface area contributed by atoms with Gasteiger partial charge in [-0.2, -0.15) is 0 Å². The summed E-state index contributed by atoms with van der Waals surface area (Å²) in [5.41, 5.74) is 2.65.